The first-order valence-electron chi connectivity index (χ1n) is 8.49. The van der Waals surface area contributed by atoms with Gasteiger partial charge in [0.1, 0.15) is 0 Å². The molecule has 24 heavy (non-hydrogen) atoms. The van der Waals surface area contributed by atoms with Crippen LogP contribution < -0.4 is 0 Å². The lowest BCUT2D eigenvalue weighted by molar-refractivity contribution is -0.131. The number of aryl methyl sites for hydroxylation is 3. The first kappa shape index (κ1) is 17.1. The average molecular weight is 347 g/mol. The van der Waals surface area contributed by atoms with E-state index in [0.29, 0.717) is 6.42 Å². The minimum Gasteiger partial charge on any atom is -0.341 e. The maximum Gasteiger partial charge on any atom is 0.222 e. The van der Waals surface area contributed by atoms with Crippen LogP contribution in [0.5, 0.6) is 0 Å². The number of hydrogen-bond donors (Lipinski definition) is 0. The molecular weight excluding hydrogens is 322 g/mol. The standard InChI is InChI=1S/C17H25N5OS/c1-14-19-16(13-24-14)12-21-6-3-7-22(9-8-21)17(23)5-4-15-10-18-20(2)11-15/h10-11,13H,3-9,12H2,1-2H3. The highest BCUT2D eigenvalue weighted by Gasteiger charge is 2.19. The quantitative estimate of drug-likeness (QED) is 0.828. The highest BCUT2D eigenvalue weighted by molar-refractivity contribution is 7.09. The van der Waals surface area contributed by atoms with Gasteiger partial charge in [-0.15, -0.1) is 11.3 Å². The largest absolute Gasteiger partial charge is 0.341 e. The predicted octanol–water partition coefficient (Wildman–Crippen LogP) is 1.85. The van der Waals surface area contributed by atoms with Gasteiger partial charge in [-0.25, -0.2) is 4.98 Å². The maximum absolute atomic E-state index is 12.5. The molecule has 1 amide bonds. The highest BCUT2D eigenvalue weighted by atomic mass is 32.1. The summed E-state index contributed by atoms with van der Waals surface area (Å²) in [5.74, 6) is 0.255. The van der Waals surface area contributed by atoms with Crippen molar-refractivity contribution < 1.29 is 4.79 Å². The Morgan fingerprint density at radius 3 is 2.88 bits per heavy atom. The Bertz CT molecular complexity index is 680. The van der Waals surface area contributed by atoms with Gasteiger partial charge in [-0.05, 0) is 25.3 Å². The molecule has 2 aromatic heterocycles. The Hall–Kier alpha value is -1.73. The van der Waals surface area contributed by atoms with Crippen molar-refractivity contribution in [3.05, 3.63) is 34.0 Å². The van der Waals surface area contributed by atoms with Crippen molar-refractivity contribution in [1.82, 2.24) is 24.6 Å². The molecule has 0 unspecified atom stereocenters. The zero-order valence-corrected chi connectivity index (χ0v) is 15.3. The van der Waals surface area contributed by atoms with E-state index in [-0.39, 0.29) is 5.91 Å². The molecule has 0 saturated carbocycles. The molecule has 3 rings (SSSR count). The summed E-state index contributed by atoms with van der Waals surface area (Å²) >= 11 is 1.70. The van der Waals surface area contributed by atoms with Crippen molar-refractivity contribution >= 4 is 17.2 Å². The van der Waals surface area contributed by atoms with E-state index in [2.05, 4.69) is 20.4 Å². The lowest BCUT2D eigenvalue weighted by atomic mass is 10.2. The van der Waals surface area contributed by atoms with Crippen LogP contribution in [0.25, 0.3) is 0 Å². The highest BCUT2D eigenvalue weighted by Crippen LogP contribution is 2.13. The molecule has 0 spiro atoms. The molecule has 2 aromatic rings. The molecule has 7 heteroatoms. The van der Waals surface area contributed by atoms with Crippen molar-refractivity contribution in [2.24, 2.45) is 7.05 Å². The zero-order valence-electron chi connectivity index (χ0n) is 14.4. The lowest BCUT2D eigenvalue weighted by Crippen LogP contribution is -2.35. The number of thiazole rings is 1. The summed E-state index contributed by atoms with van der Waals surface area (Å²) in [6, 6.07) is 0. The average Bonchev–Trinajstić information content (AvgIpc) is 3.07. The second-order valence-electron chi connectivity index (χ2n) is 6.39. The molecule has 6 nitrogen and oxygen atoms in total. The third kappa shape index (κ3) is 4.64. The number of amides is 1. The van der Waals surface area contributed by atoms with Crippen molar-refractivity contribution in [3.8, 4) is 0 Å². The molecule has 1 aliphatic heterocycles. The third-order valence-electron chi connectivity index (χ3n) is 4.38. The molecular formula is C17H25N5OS. The van der Waals surface area contributed by atoms with E-state index < -0.39 is 0 Å². The fraction of sp³-hybridized carbons (Fsp3) is 0.588. The second-order valence-corrected chi connectivity index (χ2v) is 7.45. The van der Waals surface area contributed by atoms with Gasteiger partial charge in [0, 0.05) is 57.8 Å². The molecule has 1 fully saturated rings. The fourth-order valence-corrected chi connectivity index (χ4v) is 3.70. The van der Waals surface area contributed by atoms with Crippen LogP contribution in [0, 0.1) is 6.92 Å². The van der Waals surface area contributed by atoms with E-state index in [9.17, 15) is 4.79 Å². The van der Waals surface area contributed by atoms with Crippen molar-refractivity contribution in [3.63, 3.8) is 0 Å². The molecule has 0 aromatic carbocycles. The first-order chi connectivity index (χ1) is 11.6. The lowest BCUT2D eigenvalue weighted by Gasteiger charge is -2.21. The van der Waals surface area contributed by atoms with Crippen LogP contribution in [0.3, 0.4) is 0 Å². The van der Waals surface area contributed by atoms with E-state index in [1.54, 1.807) is 16.0 Å². The van der Waals surface area contributed by atoms with Crippen LogP contribution in [-0.2, 0) is 24.8 Å². The Morgan fingerprint density at radius 1 is 1.29 bits per heavy atom. The van der Waals surface area contributed by atoms with Crippen LogP contribution in [0.1, 0.15) is 29.1 Å². The Morgan fingerprint density at radius 2 is 2.17 bits per heavy atom. The number of carbonyl (C=O) groups is 1. The molecule has 0 bridgehead atoms. The summed E-state index contributed by atoms with van der Waals surface area (Å²) in [7, 11) is 1.90. The van der Waals surface area contributed by atoms with E-state index in [1.807, 2.05) is 31.3 Å². The maximum atomic E-state index is 12.5. The minimum atomic E-state index is 0.255. The van der Waals surface area contributed by atoms with E-state index in [4.69, 9.17) is 0 Å². The van der Waals surface area contributed by atoms with Crippen LogP contribution in [0.15, 0.2) is 17.8 Å². The Kier molecular flexibility index (Phi) is 5.63. The summed E-state index contributed by atoms with van der Waals surface area (Å²) < 4.78 is 1.78. The van der Waals surface area contributed by atoms with E-state index in [0.717, 1.165) is 61.8 Å². The molecule has 0 radical (unpaired) electrons. The number of carbonyl (C=O) groups excluding carboxylic acids is 1. The van der Waals surface area contributed by atoms with Gasteiger partial charge in [0.2, 0.25) is 5.91 Å². The fourth-order valence-electron chi connectivity index (χ4n) is 3.10. The Labute approximate surface area is 147 Å². The summed E-state index contributed by atoms with van der Waals surface area (Å²) in [5.41, 5.74) is 2.27. The van der Waals surface area contributed by atoms with Crippen LogP contribution >= 0.6 is 11.3 Å². The number of aromatic nitrogens is 3. The van der Waals surface area contributed by atoms with Crippen LogP contribution in [-0.4, -0.2) is 56.7 Å². The molecule has 1 aliphatic rings. The van der Waals surface area contributed by atoms with Gasteiger partial charge >= 0.3 is 0 Å². The van der Waals surface area contributed by atoms with Crippen LogP contribution in [0.2, 0.25) is 0 Å². The summed E-state index contributed by atoms with van der Waals surface area (Å²) in [6.45, 7) is 6.56. The second kappa shape index (κ2) is 7.90. The zero-order chi connectivity index (χ0) is 16.9. The van der Waals surface area contributed by atoms with Gasteiger partial charge in [-0.2, -0.15) is 5.10 Å². The van der Waals surface area contributed by atoms with Gasteiger partial charge < -0.3 is 4.90 Å². The third-order valence-corrected chi connectivity index (χ3v) is 5.20. The van der Waals surface area contributed by atoms with Gasteiger partial charge in [0.05, 0.1) is 16.9 Å². The minimum absolute atomic E-state index is 0.255. The normalized spacial score (nSPS) is 16.3. The molecule has 3 heterocycles. The number of nitrogens with zero attached hydrogens (tertiary/aromatic N) is 5. The predicted molar refractivity (Wildman–Crippen MR) is 94.9 cm³/mol. The van der Waals surface area contributed by atoms with Gasteiger partial charge in [-0.1, -0.05) is 0 Å². The first-order valence-corrected chi connectivity index (χ1v) is 9.37. The number of hydrogen-bond acceptors (Lipinski definition) is 5. The van der Waals surface area contributed by atoms with Crippen molar-refractivity contribution in [2.45, 2.75) is 32.7 Å². The smallest absolute Gasteiger partial charge is 0.222 e. The van der Waals surface area contributed by atoms with Crippen LogP contribution in [0.4, 0.5) is 0 Å². The van der Waals surface area contributed by atoms with E-state index >= 15 is 0 Å². The summed E-state index contributed by atoms with van der Waals surface area (Å²) in [4.78, 5) is 21.4. The number of rotatable bonds is 5. The monoisotopic (exact) mass is 347 g/mol. The van der Waals surface area contributed by atoms with Gasteiger partial charge in [-0.3, -0.25) is 14.4 Å². The molecule has 0 N–H and O–H groups in total. The van der Waals surface area contributed by atoms with Crippen molar-refractivity contribution in [1.29, 1.82) is 0 Å². The SMILES string of the molecule is Cc1nc(CN2CCCN(C(=O)CCc3cnn(C)c3)CC2)cs1. The topological polar surface area (TPSA) is 54.3 Å². The van der Waals surface area contributed by atoms with Gasteiger partial charge in [0.25, 0.3) is 0 Å². The molecule has 1 saturated heterocycles. The molecule has 0 atom stereocenters. The van der Waals surface area contributed by atoms with E-state index in [1.165, 1.54) is 0 Å². The summed E-state index contributed by atoms with van der Waals surface area (Å²) in [6.07, 6.45) is 6.18. The molecule has 130 valence electrons. The van der Waals surface area contributed by atoms with Crippen molar-refractivity contribution in [2.75, 3.05) is 26.2 Å². The molecule has 0 aliphatic carbocycles. The Balaban J connectivity index is 1.46. The summed E-state index contributed by atoms with van der Waals surface area (Å²) in [5, 5.41) is 7.41. The van der Waals surface area contributed by atoms with Gasteiger partial charge in [0.15, 0.2) is 0 Å².